The van der Waals surface area contributed by atoms with Gasteiger partial charge in [0.15, 0.2) is 5.65 Å². The van der Waals surface area contributed by atoms with Crippen LogP contribution in [0.1, 0.15) is 26.3 Å². The SMILES string of the molecule is CSc1nnc2c3cccc4c3n(c2n1)C(C)(C)C=C4C. The largest absolute Gasteiger partial charge is 0.314 e. The summed E-state index contributed by atoms with van der Waals surface area (Å²) in [4.78, 5) is 4.72. The Balaban J connectivity index is 2.28. The molecule has 0 bridgehead atoms. The molecule has 1 aromatic carbocycles. The molecule has 3 heterocycles. The van der Waals surface area contributed by atoms with Gasteiger partial charge in [0.05, 0.1) is 11.1 Å². The lowest BCUT2D eigenvalue weighted by Crippen LogP contribution is -2.27. The van der Waals surface area contributed by atoms with Crippen molar-refractivity contribution >= 4 is 39.4 Å². The van der Waals surface area contributed by atoms with Crippen molar-refractivity contribution in [3.63, 3.8) is 0 Å². The Labute approximate surface area is 127 Å². The van der Waals surface area contributed by atoms with Gasteiger partial charge in [0.2, 0.25) is 5.16 Å². The van der Waals surface area contributed by atoms with E-state index in [4.69, 9.17) is 4.98 Å². The van der Waals surface area contributed by atoms with E-state index in [0.717, 1.165) is 16.6 Å². The van der Waals surface area contributed by atoms with Crippen molar-refractivity contribution in [2.24, 2.45) is 0 Å². The van der Waals surface area contributed by atoms with Gasteiger partial charge in [-0.3, -0.25) is 0 Å². The first-order chi connectivity index (χ1) is 10.0. The summed E-state index contributed by atoms with van der Waals surface area (Å²) in [7, 11) is 0. The van der Waals surface area contributed by atoms with Crippen LogP contribution in [0.2, 0.25) is 0 Å². The van der Waals surface area contributed by atoms with Gasteiger partial charge in [-0.25, -0.2) is 4.98 Å². The van der Waals surface area contributed by atoms with Gasteiger partial charge in [-0.2, -0.15) is 0 Å². The minimum atomic E-state index is -0.121. The van der Waals surface area contributed by atoms with Crippen LogP contribution < -0.4 is 0 Å². The van der Waals surface area contributed by atoms with E-state index in [0.29, 0.717) is 5.16 Å². The number of para-hydroxylation sites is 1. The van der Waals surface area contributed by atoms with E-state index in [1.807, 2.05) is 6.26 Å². The molecule has 0 N–H and O–H groups in total. The fourth-order valence-corrected chi connectivity index (χ4v) is 3.65. The van der Waals surface area contributed by atoms with Crippen LogP contribution in [0.5, 0.6) is 0 Å². The normalized spacial score (nSPS) is 16.5. The Morgan fingerprint density at radius 1 is 1.19 bits per heavy atom. The summed E-state index contributed by atoms with van der Waals surface area (Å²) in [6.45, 7) is 6.60. The molecule has 0 aliphatic carbocycles. The van der Waals surface area contributed by atoms with E-state index in [2.05, 4.69) is 59.8 Å². The van der Waals surface area contributed by atoms with Gasteiger partial charge in [-0.15, -0.1) is 10.2 Å². The van der Waals surface area contributed by atoms with Gasteiger partial charge in [-0.05, 0) is 32.6 Å². The fourth-order valence-electron chi connectivity index (χ4n) is 3.35. The quantitative estimate of drug-likeness (QED) is 0.640. The molecule has 5 heteroatoms. The van der Waals surface area contributed by atoms with Crippen molar-refractivity contribution in [2.45, 2.75) is 31.5 Å². The van der Waals surface area contributed by atoms with E-state index in [-0.39, 0.29) is 5.54 Å². The molecule has 1 aliphatic heterocycles. The Kier molecular flexibility index (Phi) is 2.49. The summed E-state index contributed by atoms with van der Waals surface area (Å²) in [5.41, 5.74) is 5.48. The van der Waals surface area contributed by atoms with Gasteiger partial charge in [0.1, 0.15) is 5.52 Å². The lowest BCUT2D eigenvalue weighted by Gasteiger charge is -2.30. The summed E-state index contributed by atoms with van der Waals surface area (Å²) in [6, 6.07) is 6.37. The maximum atomic E-state index is 4.72. The molecule has 0 fully saturated rings. The van der Waals surface area contributed by atoms with Crippen LogP contribution in [0.15, 0.2) is 29.4 Å². The molecule has 0 saturated carbocycles. The molecular formula is C16H16N4S. The van der Waals surface area contributed by atoms with E-state index in [1.165, 1.54) is 28.4 Å². The second-order valence-electron chi connectivity index (χ2n) is 5.99. The Morgan fingerprint density at radius 3 is 2.76 bits per heavy atom. The van der Waals surface area contributed by atoms with Crippen LogP contribution in [0.25, 0.3) is 27.6 Å². The predicted octanol–water partition coefficient (Wildman–Crippen LogP) is 3.85. The molecule has 0 radical (unpaired) electrons. The van der Waals surface area contributed by atoms with Crippen LogP contribution >= 0.6 is 11.8 Å². The fraction of sp³-hybridized carbons (Fsp3) is 0.312. The van der Waals surface area contributed by atoms with Crippen molar-refractivity contribution in [1.29, 1.82) is 0 Å². The van der Waals surface area contributed by atoms with Gasteiger partial charge in [0.25, 0.3) is 0 Å². The van der Waals surface area contributed by atoms with Crippen LogP contribution in [0, 0.1) is 0 Å². The van der Waals surface area contributed by atoms with Gasteiger partial charge >= 0.3 is 0 Å². The van der Waals surface area contributed by atoms with Crippen molar-refractivity contribution in [2.75, 3.05) is 6.26 Å². The second-order valence-corrected chi connectivity index (χ2v) is 6.76. The minimum absolute atomic E-state index is 0.121. The highest BCUT2D eigenvalue weighted by atomic mass is 32.2. The van der Waals surface area contributed by atoms with Gasteiger partial charge in [-0.1, -0.05) is 36.0 Å². The molecule has 0 atom stereocenters. The molecule has 3 aromatic rings. The number of nitrogens with zero attached hydrogens (tertiary/aromatic N) is 4. The lowest BCUT2D eigenvalue weighted by atomic mass is 9.92. The summed E-state index contributed by atoms with van der Waals surface area (Å²) in [5.74, 6) is 0. The van der Waals surface area contributed by atoms with Crippen LogP contribution in [-0.4, -0.2) is 26.0 Å². The second kappa shape index (κ2) is 4.07. The zero-order valence-electron chi connectivity index (χ0n) is 12.5. The topological polar surface area (TPSA) is 43.6 Å². The molecular weight excluding hydrogens is 280 g/mol. The molecule has 0 amide bonds. The summed E-state index contributed by atoms with van der Waals surface area (Å²) in [5, 5.41) is 10.5. The van der Waals surface area contributed by atoms with Crippen molar-refractivity contribution in [3.8, 4) is 0 Å². The zero-order chi connectivity index (χ0) is 14.8. The average Bonchev–Trinajstić information content (AvgIpc) is 2.79. The third-order valence-electron chi connectivity index (χ3n) is 4.13. The number of thioether (sulfide) groups is 1. The first-order valence-corrected chi connectivity index (χ1v) is 8.17. The van der Waals surface area contributed by atoms with Crippen LogP contribution in [0.3, 0.4) is 0 Å². The molecule has 4 nitrogen and oxygen atoms in total. The Morgan fingerprint density at radius 2 is 2.00 bits per heavy atom. The Hall–Kier alpha value is -1.88. The van der Waals surface area contributed by atoms with Gasteiger partial charge in [0, 0.05) is 10.9 Å². The number of aromatic nitrogens is 4. The number of hydrogen-bond donors (Lipinski definition) is 0. The lowest BCUT2D eigenvalue weighted by molar-refractivity contribution is 0.477. The minimum Gasteiger partial charge on any atom is -0.314 e. The third-order valence-corrected chi connectivity index (χ3v) is 4.67. The maximum absolute atomic E-state index is 4.72. The van der Waals surface area contributed by atoms with Crippen LogP contribution in [0.4, 0.5) is 0 Å². The van der Waals surface area contributed by atoms with Crippen molar-refractivity contribution in [3.05, 3.63) is 29.8 Å². The van der Waals surface area contributed by atoms with Crippen molar-refractivity contribution in [1.82, 2.24) is 19.7 Å². The number of allylic oxidation sites excluding steroid dienone is 2. The van der Waals surface area contributed by atoms with E-state index < -0.39 is 0 Å². The molecule has 1 aliphatic rings. The summed E-state index contributed by atoms with van der Waals surface area (Å²) in [6.07, 6.45) is 4.28. The summed E-state index contributed by atoms with van der Waals surface area (Å²) < 4.78 is 2.30. The highest BCUT2D eigenvalue weighted by Crippen LogP contribution is 2.41. The number of rotatable bonds is 1. The standard InChI is InChI=1S/C16H16N4S/c1-9-8-16(2,3)20-13-10(9)6-5-7-11(13)12-14(20)17-15(21-4)19-18-12/h5-8H,1-4H3. The Bertz CT molecular complexity index is 921. The smallest absolute Gasteiger partial charge is 0.210 e. The molecule has 0 spiro atoms. The monoisotopic (exact) mass is 296 g/mol. The van der Waals surface area contributed by atoms with E-state index >= 15 is 0 Å². The first kappa shape index (κ1) is 12.8. The molecule has 106 valence electrons. The number of benzene rings is 1. The van der Waals surface area contributed by atoms with Gasteiger partial charge < -0.3 is 4.57 Å². The summed E-state index contributed by atoms with van der Waals surface area (Å²) >= 11 is 1.52. The number of hydrogen-bond acceptors (Lipinski definition) is 4. The number of fused-ring (bicyclic) bond motifs is 3. The predicted molar refractivity (Wildman–Crippen MR) is 87.6 cm³/mol. The zero-order valence-corrected chi connectivity index (χ0v) is 13.3. The molecule has 2 aromatic heterocycles. The van der Waals surface area contributed by atoms with Crippen LogP contribution in [-0.2, 0) is 5.54 Å². The molecule has 0 saturated heterocycles. The molecule has 4 rings (SSSR count). The molecule has 0 unspecified atom stereocenters. The van der Waals surface area contributed by atoms with Crippen molar-refractivity contribution < 1.29 is 0 Å². The molecule has 21 heavy (non-hydrogen) atoms. The highest BCUT2D eigenvalue weighted by Gasteiger charge is 2.30. The highest BCUT2D eigenvalue weighted by molar-refractivity contribution is 7.98. The maximum Gasteiger partial charge on any atom is 0.210 e. The van der Waals surface area contributed by atoms with E-state index in [9.17, 15) is 0 Å². The third kappa shape index (κ3) is 1.61. The first-order valence-electron chi connectivity index (χ1n) is 6.95. The van der Waals surface area contributed by atoms with E-state index in [1.54, 1.807) is 0 Å². The average molecular weight is 296 g/mol.